The maximum absolute atomic E-state index is 12.7. The highest BCUT2D eigenvalue weighted by Crippen LogP contribution is 2.20. The van der Waals surface area contributed by atoms with Gasteiger partial charge in [-0.15, -0.1) is 0 Å². The standard InChI is InChI=1S/C21H25N3O2/c1-4-16-11-15(13-22)12-17(5-2)19(16)20(25)21(26)24-23-14(3)18-9-7-6-8-10-18/h6-12H,4-5,13,22H2,1-3H3,(H,24,26). The van der Waals surface area contributed by atoms with Gasteiger partial charge in [-0.05, 0) is 42.0 Å². The van der Waals surface area contributed by atoms with Crippen LogP contribution in [0.25, 0.3) is 0 Å². The third kappa shape index (κ3) is 4.43. The van der Waals surface area contributed by atoms with E-state index in [4.69, 9.17) is 5.73 Å². The second kappa shape index (κ2) is 9.06. The van der Waals surface area contributed by atoms with Crippen LogP contribution in [0, 0.1) is 0 Å². The summed E-state index contributed by atoms with van der Waals surface area (Å²) < 4.78 is 0. The monoisotopic (exact) mass is 351 g/mol. The van der Waals surface area contributed by atoms with Crippen molar-refractivity contribution in [3.63, 3.8) is 0 Å². The fraction of sp³-hybridized carbons (Fsp3) is 0.286. The Bertz CT molecular complexity index is 801. The Kier molecular flexibility index (Phi) is 6.81. The number of hydrogen-bond donors (Lipinski definition) is 2. The van der Waals surface area contributed by atoms with Gasteiger partial charge in [-0.2, -0.15) is 5.10 Å². The molecule has 0 fully saturated rings. The molecule has 5 nitrogen and oxygen atoms in total. The molecule has 0 aliphatic rings. The Morgan fingerprint density at radius 2 is 1.62 bits per heavy atom. The summed E-state index contributed by atoms with van der Waals surface area (Å²) in [5, 5.41) is 4.06. The predicted octanol–water partition coefficient (Wildman–Crippen LogP) is 2.99. The van der Waals surface area contributed by atoms with Crippen molar-refractivity contribution < 1.29 is 9.59 Å². The molecular formula is C21H25N3O2. The zero-order chi connectivity index (χ0) is 19.1. The summed E-state index contributed by atoms with van der Waals surface area (Å²) in [6, 6.07) is 13.3. The second-order valence-corrected chi connectivity index (χ2v) is 6.03. The Balaban J connectivity index is 2.27. The minimum atomic E-state index is -0.731. The van der Waals surface area contributed by atoms with E-state index in [1.807, 2.05) is 56.3 Å². The molecule has 1 amide bonds. The third-order valence-corrected chi connectivity index (χ3v) is 4.31. The first-order valence-electron chi connectivity index (χ1n) is 8.80. The Hall–Kier alpha value is -2.79. The number of amides is 1. The number of nitrogens with one attached hydrogen (secondary N) is 1. The molecule has 0 aliphatic carbocycles. The Labute approximate surface area is 154 Å². The molecule has 0 unspecified atom stereocenters. The average Bonchev–Trinajstić information content (AvgIpc) is 2.70. The van der Waals surface area contributed by atoms with Crippen LogP contribution in [-0.2, 0) is 24.2 Å². The number of hydrazone groups is 1. The van der Waals surface area contributed by atoms with E-state index in [2.05, 4.69) is 10.5 Å². The van der Waals surface area contributed by atoms with Gasteiger partial charge in [0.2, 0.25) is 0 Å². The summed E-state index contributed by atoms with van der Waals surface area (Å²) in [6.07, 6.45) is 1.31. The van der Waals surface area contributed by atoms with E-state index in [0.717, 1.165) is 22.3 Å². The van der Waals surface area contributed by atoms with Crippen LogP contribution < -0.4 is 11.2 Å². The summed E-state index contributed by atoms with van der Waals surface area (Å²) >= 11 is 0. The molecule has 0 atom stereocenters. The average molecular weight is 351 g/mol. The molecule has 136 valence electrons. The molecule has 0 radical (unpaired) electrons. The van der Waals surface area contributed by atoms with Crippen molar-refractivity contribution >= 4 is 17.4 Å². The first-order valence-corrected chi connectivity index (χ1v) is 8.80. The normalized spacial score (nSPS) is 11.3. The Morgan fingerprint density at radius 3 is 2.12 bits per heavy atom. The van der Waals surface area contributed by atoms with Gasteiger partial charge in [0.05, 0.1) is 5.71 Å². The molecule has 26 heavy (non-hydrogen) atoms. The lowest BCUT2D eigenvalue weighted by Crippen LogP contribution is -2.29. The van der Waals surface area contributed by atoms with Crippen LogP contribution in [0.2, 0.25) is 0 Å². The highest BCUT2D eigenvalue weighted by atomic mass is 16.2. The van der Waals surface area contributed by atoms with Gasteiger partial charge in [0.25, 0.3) is 5.78 Å². The van der Waals surface area contributed by atoms with Crippen molar-refractivity contribution in [3.8, 4) is 0 Å². The summed E-state index contributed by atoms with van der Waals surface area (Å²) in [7, 11) is 0. The second-order valence-electron chi connectivity index (χ2n) is 6.03. The van der Waals surface area contributed by atoms with E-state index in [9.17, 15) is 9.59 Å². The largest absolute Gasteiger partial charge is 0.326 e. The molecule has 0 aliphatic heterocycles. The summed E-state index contributed by atoms with van der Waals surface area (Å²) in [5.41, 5.74) is 12.8. The highest BCUT2D eigenvalue weighted by molar-refractivity contribution is 6.43. The van der Waals surface area contributed by atoms with Crippen LogP contribution in [-0.4, -0.2) is 17.4 Å². The van der Waals surface area contributed by atoms with Gasteiger partial charge >= 0.3 is 5.91 Å². The fourth-order valence-electron chi connectivity index (χ4n) is 2.85. The quantitative estimate of drug-likeness (QED) is 0.348. The molecule has 2 aromatic rings. The van der Waals surface area contributed by atoms with Crippen molar-refractivity contribution in [1.82, 2.24) is 5.43 Å². The molecule has 0 saturated carbocycles. The summed E-state index contributed by atoms with van der Waals surface area (Å²) in [4.78, 5) is 25.1. The van der Waals surface area contributed by atoms with E-state index in [0.29, 0.717) is 30.7 Å². The van der Waals surface area contributed by atoms with E-state index < -0.39 is 11.7 Å². The highest BCUT2D eigenvalue weighted by Gasteiger charge is 2.22. The van der Waals surface area contributed by atoms with Gasteiger partial charge in [-0.3, -0.25) is 9.59 Å². The molecule has 0 bridgehead atoms. The third-order valence-electron chi connectivity index (χ3n) is 4.31. The van der Waals surface area contributed by atoms with Gasteiger partial charge in [0.15, 0.2) is 0 Å². The molecule has 3 N–H and O–H groups in total. The van der Waals surface area contributed by atoms with E-state index in [-0.39, 0.29) is 0 Å². The summed E-state index contributed by atoms with van der Waals surface area (Å²) in [5.74, 6) is -1.29. The van der Waals surface area contributed by atoms with Crippen LogP contribution in [0.5, 0.6) is 0 Å². The van der Waals surface area contributed by atoms with Crippen molar-refractivity contribution in [3.05, 3.63) is 70.3 Å². The number of nitrogens with zero attached hydrogens (tertiary/aromatic N) is 1. The lowest BCUT2D eigenvalue weighted by molar-refractivity contribution is -0.117. The lowest BCUT2D eigenvalue weighted by Gasteiger charge is -2.14. The number of nitrogens with two attached hydrogens (primary N) is 1. The van der Waals surface area contributed by atoms with Gasteiger partial charge in [-0.1, -0.05) is 56.3 Å². The number of carbonyl (C=O) groups excluding carboxylic acids is 2. The Morgan fingerprint density at radius 1 is 1.04 bits per heavy atom. The number of ketones is 1. The van der Waals surface area contributed by atoms with Gasteiger partial charge < -0.3 is 5.73 Å². The number of rotatable bonds is 7. The van der Waals surface area contributed by atoms with E-state index >= 15 is 0 Å². The van der Waals surface area contributed by atoms with Crippen molar-refractivity contribution in [2.24, 2.45) is 10.8 Å². The topological polar surface area (TPSA) is 84.5 Å². The summed E-state index contributed by atoms with van der Waals surface area (Å²) in [6.45, 7) is 6.11. The molecule has 0 saturated heterocycles. The fourth-order valence-corrected chi connectivity index (χ4v) is 2.85. The number of benzene rings is 2. The molecule has 0 aromatic heterocycles. The van der Waals surface area contributed by atoms with Crippen LogP contribution in [0.3, 0.4) is 0 Å². The van der Waals surface area contributed by atoms with Gasteiger partial charge in [0.1, 0.15) is 0 Å². The van der Waals surface area contributed by atoms with Crippen LogP contribution >= 0.6 is 0 Å². The molecule has 0 heterocycles. The molecule has 5 heteroatoms. The number of hydrogen-bond acceptors (Lipinski definition) is 4. The zero-order valence-corrected chi connectivity index (χ0v) is 15.5. The van der Waals surface area contributed by atoms with Crippen molar-refractivity contribution in [2.75, 3.05) is 0 Å². The SMILES string of the molecule is CCc1cc(CN)cc(CC)c1C(=O)C(=O)NN=C(C)c1ccccc1. The molecule has 0 spiro atoms. The lowest BCUT2D eigenvalue weighted by atomic mass is 9.91. The predicted molar refractivity (Wildman–Crippen MR) is 104 cm³/mol. The number of aryl methyl sites for hydroxylation is 2. The van der Waals surface area contributed by atoms with Gasteiger partial charge in [-0.25, -0.2) is 5.43 Å². The van der Waals surface area contributed by atoms with Crippen LogP contribution in [0.4, 0.5) is 0 Å². The van der Waals surface area contributed by atoms with Crippen molar-refractivity contribution in [1.29, 1.82) is 0 Å². The van der Waals surface area contributed by atoms with Gasteiger partial charge in [0, 0.05) is 12.1 Å². The zero-order valence-electron chi connectivity index (χ0n) is 15.5. The first-order chi connectivity index (χ1) is 12.5. The van der Waals surface area contributed by atoms with Crippen molar-refractivity contribution in [2.45, 2.75) is 40.2 Å². The number of Topliss-reactive ketones (excluding diaryl/α,β-unsaturated/α-hetero) is 1. The maximum Gasteiger partial charge on any atom is 0.312 e. The minimum Gasteiger partial charge on any atom is -0.326 e. The molecule has 2 aromatic carbocycles. The first kappa shape index (κ1) is 19.5. The molecular weight excluding hydrogens is 326 g/mol. The smallest absolute Gasteiger partial charge is 0.312 e. The maximum atomic E-state index is 12.7. The van der Waals surface area contributed by atoms with E-state index in [1.165, 1.54) is 0 Å². The number of carbonyl (C=O) groups is 2. The van der Waals surface area contributed by atoms with Crippen LogP contribution in [0.1, 0.15) is 53.4 Å². The van der Waals surface area contributed by atoms with Crippen LogP contribution in [0.15, 0.2) is 47.6 Å². The minimum absolute atomic E-state index is 0.404. The van der Waals surface area contributed by atoms with E-state index in [1.54, 1.807) is 6.92 Å². The molecule has 2 rings (SSSR count).